The molecule has 2 rings (SSSR count). The van der Waals surface area contributed by atoms with Gasteiger partial charge in [-0.1, -0.05) is 36.5 Å². The van der Waals surface area contributed by atoms with E-state index in [4.69, 9.17) is 32.7 Å². The highest BCUT2D eigenvalue weighted by atomic mass is 35.5. The number of anilines is 1. The minimum atomic E-state index is -0.802. The van der Waals surface area contributed by atoms with Crippen LogP contribution in [0.15, 0.2) is 42.5 Å². The van der Waals surface area contributed by atoms with E-state index in [-0.39, 0.29) is 10.6 Å². The third-order valence-electron chi connectivity index (χ3n) is 4.07. The lowest BCUT2D eigenvalue weighted by Gasteiger charge is -2.09. The van der Waals surface area contributed by atoms with Gasteiger partial charge in [-0.05, 0) is 48.9 Å². The molecule has 8 nitrogen and oxygen atoms in total. The fraction of sp³-hybridized carbons (Fsp3) is 0.273. The Hall–Kier alpha value is -3.10. The third kappa shape index (κ3) is 8.20. The summed E-state index contributed by atoms with van der Waals surface area (Å²) in [7, 11) is 0. The maximum Gasteiger partial charge on any atom is 0.338 e. The van der Waals surface area contributed by atoms with Gasteiger partial charge in [-0.15, -0.1) is 0 Å². The van der Waals surface area contributed by atoms with Gasteiger partial charge in [0.1, 0.15) is 6.54 Å². The lowest BCUT2D eigenvalue weighted by atomic mass is 10.2. The van der Waals surface area contributed by atoms with E-state index in [1.54, 1.807) is 0 Å². The number of ether oxygens (including phenoxy) is 2. The average molecular weight is 481 g/mol. The second-order valence-corrected chi connectivity index (χ2v) is 7.43. The smallest absolute Gasteiger partial charge is 0.338 e. The van der Waals surface area contributed by atoms with Crippen molar-refractivity contribution < 1.29 is 28.7 Å². The number of carbonyl (C=O) groups is 4. The van der Waals surface area contributed by atoms with Gasteiger partial charge in [0.25, 0.3) is 11.8 Å². The van der Waals surface area contributed by atoms with Gasteiger partial charge < -0.3 is 20.1 Å². The van der Waals surface area contributed by atoms with Crippen molar-refractivity contribution in [3.8, 4) is 0 Å². The number of halogens is 2. The van der Waals surface area contributed by atoms with Crippen molar-refractivity contribution in [2.45, 2.75) is 19.8 Å². The van der Waals surface area contributed by atoms with Crippen LogP contribution in [0.1, 0.15) is 40.5 Å². The number of carbonyl (C=O) groups excluding carboxylic acids is 4. The Kier molecular flexibility index (Phi) is 9.97. The zero-order chi connectivity index (χ0) is 23.5. The first-order chi connectivity index (χ1) is 15.3. The van der Waals surface area contributed by atoms with E-state index in [0.29, 0.717) is 22.9 Å². The number of benzene rings is 2. The van der Waals surface area contributed by atoms with Crippen LogP contribution >= 0.6 is 23.2 Å². The number of nitrogens with one attached hydrogen (secondary N) is 2. The Balaban J connectivity index is 1.73. The molecule has 2 N–H and O–H groups in total. The Morgan fingerprint density at radius 1 is 0.969 bits per heavy atom. The van der Waals surface area contributed by atoms with Crippen LogP contribution in [0.4, 0.5) is 5.69 Å². The van der Waals surface area contributed by atoms with E-state index >= 15 is 0 Å². The normalized spacial score (nSPS) is 10.2. The molecule has 0 spiro atoms. The summed E-state index contributed by atoms with van der Waals surface area (Å²) < 4.78 is 9.94. The van der Waals surface area contributed by atoms with E-state index in [9.17, 15) is 19.2 Å². The number of unbranched alkanes of at least 4 members (excludes halogenated alkanes) is 1. The summed E-state index contributed by atoms with van der Waals surface area (Å²) in [5, 5.41) is 5.40. The Labute approximate surface area is 195 Å². The van der Waals surface area contributed by atoms with Crippen molar-refractivity contribution in [3.05, 3.63) is 63.6 Å². The van der Waals surface area contributed by atoms with Crippen LogP contribution in [-0.2, 0) is 19.1 Å². The highest BCUT2D eigenvalue weighted by Crippen LogP contribution is 2.20. The highest BCUT2D eigenvalue weighted by molar-refractivity contribution is 6.36. The Bertz CT molecular complexity index is 979. The molecule has 0 aliphatic heterocycles. The van der Waals surface area contributed by atoms with Crippen molar-refractivity contribution in [3.63, 3.8) is 0 Å². The molecule has 0 heterocycles. The molecule has 0 aliphatic rings. The number of hydrogen-bond acceptors (Lipinski definition) is 6. The van der Waals surface area contributed by atoms with Crippen LogP contribution in [0.3, 0.4) is 0 Å². The molecule has 0 saturated heterocycles. The summed E-state index contributed by atoms with van der Waals surface area (Å²) in [5.41, 5.74) is 0.934. The molecule has 10 heteroatoms. The van der Waals surface area contributed by atoms with E-state index in [1.165, 1.54) is 42.5 Å². The van der Waals surface area contributed by atoms with Crippen LogP contribution < -0.4 is 10.6 Å². The molecule has 2 aromatic carbocycles. The molecule has 0 aliphatic carbocycles. The molecular weight excluding hydrogens is 459 g/mol. The first kappa shape index (κ1) is 25.2. The van der Waals surface area contributed by atoms with E-state index in [2.05, 4.69) is 10.6 Å². The Morgan fingerprint density at radius 2 is 1.69 bits per heavy atom. The van der Waals surface area contributed by atoms with Crippen LogP contribution in [0.5, 0.6) is 0 Å². The van der Waals surface area contributed by atoms with Gasteiger partial charge in [0.15, 0.2) is 6.61 Å². The van der Waals surface area contributed by atoms with Gasteiger partial charge >= 0.3 is 11.9 Å². The van der Waals surface area contributed by atoms with E-state index in [1.807, 2.05) is 6.92 Å². The summed E-state index contributed by atoms with van der Waals surface area (Å²) in [4.78, 5) is 47.6. The molecule has 0 bridgehead atoms. The number of amides is 2. The maximum absolute atomic E-state index is 12.1. The third-order valence-corrected chi connectivity index (χ3v) is 4.62. The lowest BCUT2D eigenvalue weighted by molar-refractivity contribution is -0.146. The SMILES string of the molecule is CCCCOC(=O)c1ccc(NC(=O)COC(=O)CNC(=O)c2ccc(Cl)cc2Cl)cc1. The van der Waals surface area contributed by atoms with Gasteiger partial charge in [0.2, 0.25) is 0 Å². The largest absolute Gasteiger partial charge is 0.462 e. The van der Waals surface area contributed by atoms with Crippen molar-refractivity contribution in [2.24, 2.45) is 0 Å². The van der Waals surface area contributed by atoms with Crippen LogP contribution in [-0.4, -0.2) is 43.5 Å². The summed E-state index contributed by atoms with van der Waals surface area (Å²) in [5.74, 6) is -2.40. The molecule has 0 atom stereocenters. The fourth-order valence-electron chi connectivity index (χ4n) is 2.40. The predicted molar refractivity (Wildman–Crippen MR) is 120 cm³/mol. The maximum atomic E-state index is 12.1. The summed E-state index contributed by atoms with van der Waals surface area (Å²) in [6.07, 6.45) is 1.71. The summed E-state index contributed by atoms with van der Waals surface area (Å²) >= 11 is 11.7. The zero-order valence-corrected chi connectivity index (χ0v) is 18.8. The molecule has 0 fully saturated rings. The molecule has 32 heavy (non-hydrogen) atoms. The molecular formula is C22H22Cl2N2O6. The van der Waals surface area contributed by atoms with Gasteiger partial charge in [0.05, 0.1) is 22.8 Å². The molecule has 0 aromatic heterocycles. The fourth-order valence-corrected chi connectivity index (χ4v) is 2.89. The second-order valence-electron chi connectivity index (χ2n) is 6.58. The summed E-state index contributed by atoms with van der Waals surface area (Å²) in [6, 6.07) is 10.4. The molecule has 0 saturated carbocycles. The van der Waals surface area contributed by atoms with Crippen molar-refractivity contribution in [1.29, 1.82) is 0 Å². The van der Waals surface area contributed by atoms with E-state index < -0.39 is 36.9 Å². The van der Waals surface area contributed by atoms with E-state index in [0.717, 1.165) is 12.8 Å². The van der Waals surface area contributed by atoms with Gasteiger partial charge in [-0.25, -0.2) is 4.79 Å². The number of rotatable bonds is 10. The minimum Gasteiger partial charge on any atom is -0.462 e. The predicted octanol–water partition coefficient (Wildman–Crippen LogP) is 3.86. The average Bonchev–Trinajstić information content (AvgIpc) is 2.76. The number of esters is 2. The van der Waals surface area contributed by atoms with Gasteiger partial charge in [-0.2, -0.15) is 0 Å². The first-order valence-corrected chi connectivity index (χ1v) is 10.5. The minimum absolute atomic E-state index is 0.142. The van der Waals surface area contributed by atoms with Crippen molar-refractivity contribution in [1.82, 2.24) is 5.32 Å². The van der Waals surface area contributed by atoms with Crippen LogP contribution in [0.25, 0.3) is 0 Å². The molecule has 2 aromatic rings. The number of hydrogen-bond donors (Lipinski definition) is 2. The monoisotopic (exact) mass is 480 g/mol. The topological polar surface area (TPSA) is 111 Å². The van der Waals surface area contributed by atoms with Crippen LogP contribution in [0.2, 0.25) is 10.0 Å². The van der Waals surface area contributed by atoms with Gasteiger partial charge in [0, 0.05) is 10.7 Å². The molecule has 2 amide bonds. The highest BCUT2D eigenvalue weighted by Gasteiger charge is 2.14. The first-order valence-electron chi connectivity index (χ1n) is 9.76. The van der Waals surface area contributed by atoms with Crippen LogP contribution in [0, 0.1) is 0 Å². The van der Waals surface area contributed by atoms with Gasteiger partial charge in [-0.3, -0.25) is 14.4 Å². The van der Waals surface area contributed by atoms with Crippen molar-refractivity contribution in [2.75, 3.05) is 25.1 Å². The quantitative estimate of drug-likeness (QED) is 0.394. The lowest BCUT2D eigenvalue weighted by Crippen LogP contribution is -2.32. The summed E-state index contributed by atoms with van der Waals surface area (Å²) in [6.45, 7) is 1.36. The second kappa shape index (κ2) is 12.7. The van der Waals surface area contributed by atoms with Crippen molar-refractivity contribution >= 4 is 52.6 Å². The molecule has 0 radical (unpaired) electrons. The Morgan fingerprint density at radius 3 is 2.34 bits per heavy atom. The molecule has 170 valence electrons. The zero-order valence-electron chi connectivity index (χ0n) is 17.3. The molecule has 0 unspecified atom stereocenters. The standard InChI is InChI=1S/C22H22Cl2N2O6/c1-2-3-10-31-22(30)14-4-7-16(8-5-14)26-19(27)13-32-20(28)12-25-21(29)17-9-6-15(23)11-18(17)24/h4-9,11H,2-3,10,12-13H2,1H3,(H,25,29)(H,26,27).